The molecule has 4 rings (SSSR count). The van der Waals surface area contributed by atoms with Crippen LogP contribution in [0.5, 0.6) is 0 Å². The molecule has 1 aliphatic heterocycles. The van der Waals surface area contributed by atoms with Gasteiger partial charge in [0, 0.05) is 27.5 Å². The van der Waals surface area contributed by atoms with E-state index in [4.69, 9.17) is 0 Å². The number of aryl methyl sites for hydroxylation is 1. The van der Waals surface area contributed by atoms with Crippen LogP contribution in [-0.2, 0) is 11.2 Å². The quantitative estimate of drug-likeness (QED) is 0.605. The number of fused-ring (bicyclic) bond motifs is 1. The molecule has 0 atom stereocenters. The number of carbonyl (C=O) groups is 2. The van der Waals surface area contributed by atoms with E-state index in [1.165, 1.54) is 23.5 Å². The van der Waals surface area contributed by atoms with Crippen LogP contribution in [0, 0.1) is 5.82 Å². The molecule has 2 N–H and O–H groups in total. The molecular weight excluding hydrogens is 433 g/mol. The van der Waals surface area contributed by atoms with Crippen LogP contribution in [0.3, 0.4) is 0 Å². The molecule has 0 spiro atoms. The number of carbonyl (C=O) groups excluding carboxylic acids is 2. The van der Waals surface area contributed by atoms with E-state index in [1.807, 2.05) is 23.6 Å². The van der Waals surface area contributed by atoms with Gasteiger partial charge >= 0.3 is 0 Å². The molecule has 1 aliphatic rings. The normalized spacial score (nSPS) is 13.0. The van der Waals surface area contributed by atoms with Gasteiger partial charge in [0.15, 0.2) is 5.13 Å². The number of nitrogens with zero attached hydrogens (tertiary/aromatic N) is 1. The lowest BCUT2D eigenvalue weighted by Gasteiger charge is -2.17. The average molecular weight is 446 g/mol. The lowest BCUT2D eigenvalue weighted by atomic mass is 9.99. The lowest BCUT2D eigenvalue weighted by Crippen LogP contribution is -2.18. The van der Waals surface area contributed by atoms with Crippen molar-refractivity contribution < 1.29 is 14.0 Å². The average Bonchev–Trinajstić information content (AvgIpc) is 3.09. The molecule has 1 aromatic heterocycles. The summed E-state index contributed by atoms with van der Waals surface area (Å²) in [4.78, 5) is 28.2. The second kappa shape index (κ2) is 7.21. The topological polar surface area (TPSA) is 71.1 Å². The molecule has 0 fully saturated rings. The van der Waals surface area contributed by atoms with Gasteiger partial charge in [0.05, 0.1) is 11.3 Å². The molecule has 136 valence electrons. The van der Waals surface area contributed by atoms with Crippen molar-refractivity contribution in [2.45, 2.75) is 12.8 Å². The van der Waals surface area contributed by atoms with E-state index in [-0.39, 0.29) is 11.5 Å². The molecule has 0 unspecified atom stereocenters. The van der Waals surface area contributed by atoms with Crippen LogP contribution in [0.2, 0.25) is 0 Å². The van der Waals surface area contributed by atoms with Crippen LogP contribution < -0.4 is 10.6 Å². The summed E-state index contributed by atoms with van der Waals surface area (Å²) in [6.07, 6.45) is 1.15. The summed E-state index contributed by atoms with van der Waals surface area (Å²) in [6.45, 7) is 0. The van der Waals surface area contributed by atoms with Crippen LogP contribution in [-0.4, -0.2) is 16.8 Å². The van der Waals surface area contributed by atoms with Crippen LogP contribution in [0.4, 0.5) is 15.2 Å². The highest BCUT2D eigenvalue weighted by Gasteiger charge is 2.17. The SMILES string of the molecule is O=C1CCc2cc(-c3csc(NC(=O)c4ccc(Br)cc4F)n3)ccc2N1. The summed E-state index contributed by atoms with van der Waals surface area (Å²) >= 11 is 4.44. The van der Waals surface area contributed by atoms with Crippen molar-refractivity contribution in [2.75, 3.05) is 10.6 Å². The van der Waals surface area contributed by atoms with Gasteiger partial charge < -0.3 is 5.32 Å². The van der Waals surface area contributed by atoms with Crippen LogP contribution >= 0.6 is 27.3 Å². The maximum atomic E-state index is 13.9. The zero-order chi connectivity index (χ0) is 19.0. The Morgan fingerprint density at radius 1 is 1.22 bits per heavy atom. The minimum absolute atomic E-state index is 0.0223. The largest absolute Gasteiger partial charge is 0.326 e. The minimum Gasteiger partial charge on any atom is -0.326 e. The van der Waals surface area contributed by atoms with E-state index < -0.39 is 11.7 Å². The first kappa shape index (κ1) is 17.8. The van der Waals surface area contributed by atoms with E-state index in [0.717, 1.165) is 16.8 Å². The first-order valence-electron chi connectivity index (χ1n) is 8.15. The Hall–Kier alpha value is -2.58. The van der Waals surface area contributed by atoms with Gasteiger partial charge in [0.25, 0.3) is 5.91 Å². The number of nitrogens with one attached hydrogen (secondary N) is 2. The maximum absolute atomic E-state index is 13.9. The predicted molar refractivity (Wildman–Crippen MR) is 107 cm³/mol. The summed E-state index contributed by atoms with van der Waals surface area (Å²) in [7, 11) is 0. The van der Waals surface area contributed by atoms with Crippen LogP contribution in [0.1, 0.15) is 22.3 Å². The van der Waals surface area contributed by atoms with Crippen molar-refractivity contribution in [3.63, 3.8) is 0 Å². The van der Waals surface area contributed by atoms with Gasteiger partial charge in [-0.15, -0.1) is 11.3 Å². The van der Waals surface area contributed by atoms with Gasteiger partial charge in [-0.1, -0.05) is 22.0 Å². The Kier molecular flexibility index (Phi) is 4.75. The first-order valence-corrected chi connectivity index (χ1v) is 9.82. The van der Waals surface area contributed by atoms with E-state index in [9.17, 15) is 14.0 Å². The molecule has 5 nitrogen and oxygen atoms in total. The molecule has 0 aliphatic carbocycles. The fourth-order valence-electron chi connectivity index (χ4n) is 2.84. The van der Waals surface area contributed by atoms with Crippen molar-refractivity contribution in [1.29, 1.82) is 0 Å². The van der Waals surface area contributed by atoms with E-state index in [2.05, 4.69) is 31.5 Å². The first-order chi connectivity index (χ1) is 13.0. The molecule has 0 saturated carbocycles. The maximum Gasteiger partial charge on any atom is 0.260 e. The zero-order valence-electron chi connectivity index (χ0n) is 13.9. The number of aromatic nitrogens is 1. The van der Waals surface area contributed by atoms with Gasteiger partial charge in [-0.2, -0.15) is 0 Å². The number of rotatable bonds is 3. The van der Waals surface area contributed by atoms with E-state index in [0.29, 0.717) is 28.1 Å². The number of hydrogen-bond acceptors (Lipinski definition) is 4. The third-order valence-corrected chi connectivity index (χ3v) is 5.45. The fraction of sp³-hybridized carbons (Fsp3) is 0.105. The molecule has 0 bridgehead atoms. The summed E-state index contributed by atoms with van der Waals surface area (Å²) in [6, 6.07) is 9.99. The Labute approximate surface area is 166 Å². The van der Waals surface area contributed by atoms with Gasteiger partial charge in [0.1, 0.15) is 5.82 Å². The number of halogens is 2. The molecule has 2 heterocycles. The smallest absolute Gasteiger partial charge is 0.260 e. The molecule has 2 aromatic carbocycles. The number of amides is 2. The molecule has 2 amide bonds. The summed E-state index contributed by atoms with van der Waals surface area (Å²) < 4.78 is 14.5. The number of thiazole rings is 1. The Balaban J connectivity index is 1.53. The number of benzene rings is 2. The summed E-state index contributed by atoms with van der Waals surface area (Å²) in [5.41, 5.74) is 3.45. The fourth-order valence-corrected chi connectivity index (χ4v) is 3.89. The molecule has 3 aromatic rings. The Morgan fingerprint density at radius 2 is 2.07 bits per heavy atom. The van der Waals surface area contributed by atoms with Gasteiger partial charge in [-0.25, -0.2) is 9.37 Å². The van der Waals surface area contributed by atoms with E-state index in [1.54, 1.807) is 6.07 Å². The van der Waals surface area contributed by atoms with Crippen molar-refractivity contribution >= 4 is 49.9 Å². The Morgan fingerprint density at radius 3 is 2.89 bits per heavy atom. The highest BCUT2D eigenvalue weighted by Crippen LogP contribution is 2.30. The standard InChI is InChI=1S/C19H13BrFN3O2S/c20-12-3-4-13(14(21)8-12)18(26)24-19-23-16(9-27-19)11-1-5-15-10(7-11)2-6-17(25)22-15/h1,3-5,7-9H,2,6H2,(H,22,25)(H,23,24,26). The predicted octanol–water partition coefficient (Wildman–Crippen LogP) is 4.85. The van der Waals surface area contributed by atoms with Crippen molar-refractivity contribution in [3.05, 3.63) is 63.2 Å². The van der Waals surface area contributed by atoms with Gasteiger partial charge in [-0.3, -0.25) is 14.9 Å². The lowest BCUT2D eigenvalue weighted by molar-refractivity contribution is -0.116. The molecule has 8 heteroatoms. The van der Waals surface area contributed by atoms with Crippen LogP contribution in [0.15, 0.2) is 46.3 Å². The van der Waals surface area contributed by atoms with Crippen molar-refractivity contribution in [3.8, 4) is 11.3 Å². The Bertz CT molecular complexity index is 1070. The second-order valence-electron chi connectivity index (χ2n) is 6.04. The molecule has 0 radical (unpaired) electrons. The van der Waals surface area contributed by atoms with Gasteiger partial charge in [-0.05, 0) is 42.3 Å². The third-order valence-electron chi connectivity index (χ3n) is 4.20. The van der Waals surface area contributed by atoms with Crippen molar-refractivity contribution in [2.24, 2.45) is 0 Å². The number of hydrogen-bond donors (Lipinski definition) is 2. The number of anilines is 2. The monoisotopic (exact) mass is 445 g/mol. The minimum atomic E-state index is -0.601. The summed E-state index contributed by atoms with van der Waals surface area (Å²) in [5.74, 6) is -1.13. The molecule has 0 saturated heterocycles. The highest BCUT2D eigenvalue weighted by molar-refractivity contribution is 9.10. The van der Waals surface area contributed by atoms with E-state index >= 15 is 0 Å². The zero-order valence-corrected chi connectivity index (χ0v) is 16.3. The van der Waals surface area contributed by atoms with Crippen molar-refractivity contribution in [1.82, 2.24) is 4.98 Å². The highest BCUT2D eigenvalue weighted by atomic mass is 79.9. The van der Waals surface area contributed by atoms with Gasteiger partial charge in [0.2, 0.25) is 5.91 Å². The second-order valence-corrected chi connectivity index (χ2v) is 7.81. The van der Waals surface area contributed by atoms with Crippen LogP contribution in [0.25, 0.3) is 11.3 Å². The summed E-state index contributed by atoms with van der Waals surface area (Å²) in [5, 5.41) is 7.70. The molecule has 27 heavy (non-hydrogen) atoms. The third kappa shape index (κ3) is 3.77. The molecular formula is C19H13BrFN3O2S.